The Balaban J connectivity index is 1.35. The fourth-order valence-electron chi connectivity index (χ4n) is 3.74. The number of nitrogens with one attached hydrogen (secondary N) is 1. The standard InChI is InChI=1S/C26H23N3O4S/c1-17(24(30)27-14-19-11-12-22-23(13-19)33-16-32-22)34-26-28-21-10-6-5-9-20(21)25(31)29(26)15-18-7-3-2-4-8-18/h2-13,17H,14-16H2,1H3,(H,27,30). The third kappa shape index (κ3) is 4.63. The largest absolute Gasteiger partial charge is 0.454 e. The monoisotopic (exact) mass is 473 g/mol. The van der Waals surface area contributed by atoms with Crippen LogP contribution in [0.3, 0.4) is 0 Å². The van der Waals surface area contributed by atoms with Gasteiger partial charge in [-0.05, 0) is 42.3 Å². The van der Waals surface area contributed by atoms with E-state index in [1.807, 2.05) is 73.7 Å². The molecule has 4 aromatic rings. The molecular formula is C26H23N3O4S. The summed E-state index contributed by atoms with van der Waals surface area (Å²) in [5.41, 5.74) is 2.40. The van der Waals surface area contributed by atoms with Crippen LogP contribution < -0.4 is 20.3 Å². The van der Waals surface area contributed by atoms with Crippen LogP contribution in [0.1, 0.15) is 18.1 Å². The van der Waals surface area contributed by atoms with Crippen molar-refractivity contribution in [3.63, 3.8) is 0 Å². The van der Waals surface area contributed by atoms with Crippen LogP contribution in [0.5, 0.6) is 11.5 Å². The Morgan fingerprint density at radius 1 is 1.03 bits per heavy atom. The van der Waals surface area contributed by atoms with Gasteiger partial charge in [0.2, 0.25) is 12.7 Å². The Labute approximate surface area is 200 Å². The van der Waals surface area contributed by atoms with Gasteiger partial charge in [-0.25, -0.2) is 4.98 Å². The Bertz CT molecular complexity index is 1400. The van der Waals surface area contributed by atoms with Crippen molar-refractivity contribution in [1.29, 1.82) is 0 Å². The van der Waals surface area contributed by atoms with Crippen LogP contribution >= 0.6 is 11.8 Å². The molecule has 1 aromatic heterocycles. The summed E-state index contributed by atoms with van der Waals surface area (Å²) in [6.07, 6.45) is 0. The number of thioether (sulfide) groups is 1. The molecule has 1 aliphatic rings. The molecule has 1 aliphatic heterocycles. The number of hydrogen-bond acceptors (Lipinski definition) is 6. The van der Waals surface area contributed by atoms with Gasteiger partial charge < -0.3 is 14.8 Å². The van der Waals surface area contributed by atoms with Crippen LogP contribution in [0, 0.1) is 0 Å². The average molecular weight is 474 g/mol. The number of fused-ring (bicyclic) bond motifs is 2. The minimum atomic E-state index is -0.455. The molecule has 1 unspecified atom stereocenters. The first-order chi connectivity index (χ1) is 16.6. The molecule has 7 nitrogen and oxygen atoms in total. The highest BCUT2D eigenvalue weighted by molar-refractivity contribution is 8.00. The van der Waals surface area contributed by atoms with Crippen molar-refractivity contribution in [2.24, 2.45) is 0 Å². The molecule has 0 aliphatic carbocycles. The highest BCUT2D eigenvalue weighted by Crippen LogP contribution is 2.32. The molecule has 5 rings (SSSR count). The van der Waals surface area contributed by atoms with Gasteiger partial charge in [0, 0.05) is 6.54 Å². The van der Waals surface area contributed by atoms with Crippen LogP contribution in [0.15, 0.2) is 82.7 Å². The molecular weight excluding hydrogens is 450 g/mol. The number of nitrogens with zero attached hydrogens (tertiary/aromatic N) is 2. The highest BCUT2D eigenvalue weighted by Gasteiger charge is 2.20. The molecule has 3 aromatic carbocycles. The highest BCUT2D eigenvalue weighted by atomic mass is 32.2. The second kappa shape index (κ2) is 9.61. The zero-order valence-corrected chi connectivity index (χ0v) is 19.4. The summed E-state index contributed by atoms with van der Waals surface area (Å²) in [6.45, 7) is 2.77. The maximum absolute atomic E-state index is 13.3. The molecule has 0 fully saturated rings. The van der Waals surface area contributed by atoms with Crippen LogP contribution in [0.2, 0.25) is 0 Å². The quantitative estimate of drug-likeness (QED) is 0.323. The Hall–Kier alpha value is -3.78. The molecule has 1 atom stereocenters. The lowest BCUT2D eigenvalue weighted by molar-refractivity contribution is -0.120. The number of amides is 1. The van der Waals surface area contributed by atoms with Crippen molar-refractivity contribution in [2.45, 2.75) is 30.4 Å². The number of hydrogen-bond donors (Lipinski definition) is 1. The van der Waals surface area contributed by atoms with E-state index < -0.39 is 5.25 Å². The molecule has 8 heteroatoms. The van der Waals surface area contributed by atoms with Crippen molar-refractivity contribution in [3.05, 3.63) is 94.3 Å². The zero-order valence-electron chi connectivity index (χ0n) is 18.6. The molecule has 0 radical (unpaired) electrons. The zero-order chi connectivity index (χ0) is 23.5. The van der Waals surface area contributed by atoms with E-state index in [0.29, 0.717) is 40.6 Å². The topological polar surface area (TPSA) is 82.5 Å². The predicted molar refractivity (Wildman–Crippen MR) is 131 cm³/mol. The van der Waals surface area contributed by atoms with E-state index in [2.05, 4.69) is 5.32 Å². The van der Waals surface area contributed by atoms with Crippen LogP contribution in [-0.2, 0) is 17.9 Å². The molecule has 172 valence electrons. The molecule has 2 heterocycles. The summed E-state index contributed by atoms with van der Waals surface area (Å²) in [5, 5.41) is 3.58. The lowest BCUT2D eigenvalue weighted by Crippen LogP contribution is -2.31. The van der Waals surface area contributed by atoms with Crippen molar-refractivity contribution in [1.82, 2.24) is 14.9 Å². The minimum absolute atomic E-state index is 0.120. The van der Waals surface area contributed by atoms with Gasteiger partial charge in [-0.2, -0.15) is 0 Å². The van der Waals surface area contributed by atoms with Crippen molar-refractivity contribution in [2.75, 3.05) is 6.79 Å². The average Bonchev–Trinajstić information content (AvgIpc) is 3.33. The van der Waals surface area contributed by atoms with Gasteiger partial charge in [0.05, 0.1) is 22.7 Å². The normalized spacial score (nSPS) is 13.1. The smallest absolute Gasteiger partial charge is 0.262 e. The van der Waals surface area contributed by atoms with Gasteiger partial charge in [0.1, 0.15) is 0 Å². The molecule has 1 N–H and O–H groups in total. The Morgan fingerprint density at radius 3 is 2.65 bits per heavy atom. The first-order valence-electron chi connectivity index (χ1n) is 10.9. The maximum atomic E-state index is 13.3. The molecule has 0 saturated carbocycles. The van der Waals surface area contributed by atoms with E-state index in [1.165, 1.54) is 11.8 Å². The number of rotatable bonds is 7. The molecule has 0 spiro atoms. The third-order valence-electron chi connectivity index (χ3n) is 5.57. The summed E-state index contributed by atoms with van der Waals surface area (Å²) < 4.78 is 12.4. The van der Waals surface area contributed by atoms with E-state index in [-0.39, 0.29) is 18.3 Å². The second-order valence-electron chi connectivity index (χ2n) is 7.95. The number of carbonyl (C=O) groups is 1. The molecule has 0 bridgehead atoms. The van der Waals surface area contributed by atoms with E-state index in [9.17, 15) is 9.59 Å². The fourth-order valence-corrected chi connectivity index (χ4v) is 4.67. The van der Waals surface area contributed by atoms with E-state index >= 15 is 0 Å². The van der Waals surface area contributed by atoms with E-state index in [4.69, 9.17) is 14.5 Å². The molecule has 1 amide bonds. The van der Waals surface area contributed by atoms with E-state index in [1.54, 1.807) is 10.6 Å². The summed E-state index contributed by atoms with van der Waals surface area (Å²) in [5.74, 6) is 1.24. The SMILES string of the molecule is CC(Sc1nc2ccccc2c(=O)n1Cc1ccccc1)C(=O)NCc1ccc2c(c1)OCO2. The maximum Gasteiger partial charge on any atom is 0.262 e. The van der Waals surface area contributed by atoms with Gasteiger partial charge in [0.15, 0.2) is 16.7 Å². The minimum Gasteiger partial charge on any atom is -0.454 e. The number of ether oxygens (including phenoxy) is 2. The second-order valence-corrected chi connectivity index (χ2v) is 9.26. The lowest BCUT2D eigenvalue weighted by atomic mass is 10.2. The van der Waals surface area contributed by atoms with Gasteiger partial charge in [-0.15, -0.1) is 0 Å². The van der Waals surface area contributed by atoms with Crippen LogP contribution in [0.4, 0.5) is 0 Å². The first kappa shape index (κ1) is 22.0. The summed E-state index contributed by atoms with van der Waals surface area (Å²) in [4.78, 5) is 30.9. The summed E-state index contributed by atoms with van der Waals surface area (Å²) in [7, 11) is 0. The van der Waals surface area contributed by atoms with Gasteiger partial charge >= 0.3 is 0 Å². The number of benzene rings is 3. The first-order valence-corrected chi connectivity index (χ1v) is 11.8. The molecule has 34 heavy (non-hydrogen) atoms. The third-order valence-corrected chi connectivity index (χ3v) is 6.66. The number of carbonyl (C=O) groups excluding carboxylic acids is 1. The fraction of sp³-hybridized carbons (Fsp3) is 0.192. The van der Waals surface area contributed by atoms with Gasteiger partial charge in [-0.3, -0.25) is 14.2 Å². The van der Waals surface area contributed by atoms with Crippen molar-refractivity contribution < 1.29 is 14.3 Å². The Morgan fingerprint density at radius 2 is 1.79 bits per heavy atom. The lowest BCUT2D eigenvalue weighted by Gasteiger charge is -2.16. The number of para-hydroxylation sites is 1. The Kier molecular flexibility index (Phi) is 6.22. The van der Waals surface area contributed by atoms with Crippen LogP contribution in [0.25, 0.3) is 10.9 Å². The van der Waals surface area contributed by atoms with Crippen LogP contribution in [-0.4, -0.2) is 27.5 Å². The summed E-state index contributed by atoms with van der Waals surface area (Å²) >= 11 is 1.28. The molecule has 0 saturated heterocycles. The number of aromatic nitrogens is 2. The van der Waals surface area contributed by atoms with Gasteiger partial charge in [0.25, 0.3) is 5.56 Å². The van der Waals surface area contributed by atoms with Gasteiger partial charge in [-0.1, -0.05) is 60.3 Å². The van der Waals surface area contributed by atoms with E-state index in [0.717, 1.165) is 11.1 Å². The summed E-state index contributed by atoms with van der Waals surface area (Å²) in [6, 6.07) is 22.6. The predicted octanol–water partition coefficient (Wildman–Crippen LogP) is 3.97. The van der Waals surface area contributed by atoms with Crippen molar-refractivity contribution >= 4 is 28.6 Å². The van der Waals surface area contributed by atoms with Crippen molar-refractivity contribution in [3.8, 4) is 11.5 Å².